The summed E-state index contributed by atoms with van der Waals surface area (Å²) in [7, 11) is 0. The van der Waals surface area contributed by atoms with Crippen molar-refractivity contribution in [3.8, 4) is 0 Å². The number of amides is 2. The van der Waals surface area contributed by atoms with Crippen LogP contribution in [0.2, 0.25) is 0 Å². The standard InChI is InChI=1S/C15H11N3O6/c19-13(16-10-4-6-12(7-5-10)18(23)24)14(20)17-11-3-1-2-9(8-11)15(21)22/h1-8H,(H,16,19)(H,17,20)(H,21,22)/p-1. The topological polar surface area (TPSA) is 141 Å². The zero-order chi connectivity index (χ0) is 17.7. The zero-order valence-electron chi connectivity index (χ0n) is 12.0. The van der Waals surface area contributed by atoms with E-state index in [0.29, 0.717) is 0 Å². The van der Waals surface area contributed by atoms with E-state index < -0.39 is 22.7 Å². The van der Waals surface area contributed by atoms with Gasteiger partial charge in [0.05, 0.1) is 10.9 Å². The number of carbonyl (C=O) groups excluding carboxylic acids is 3. The first-order chi connectivity index (χ1) is 11.4. The third kappa shape index (κ3) is 4.13. The van der Waals surface area contributed by atoms with Crippen LogP contribution in [0.25, 0.3) is 0 Å². The number of nitro benzene ring substituents is 1. The van der Waals surface area contributed by atoms with Crippen LogP contribution in [0, 0.1) is 10.1 Å². The molecular formula is C15H10N3O6-. The molecule has 24 heavy (non-hydrogen) atoms. The highest BCUT2D eigenvalue weighted by molar-refractivity contribution is 6.43. The van der Waals surface area contributed by atoms with E-state index >= 15 is 0 Å². The molecule has 0 spiro atoms. The smallest absolute Gasteiger partial charge is 0.314 e. The fourth-order valence-electron chi connectivity index (χ4n) is 1.77. The number of rotatable bonds is 4. The molecule has 0 atom stereocenters. The van der Waals surface area contributed by atoms with Gasteiger partial charge in [-0.1, -0.05) is 12.1 Å². The van der Waals surface area contributed by atoms with E-state index in [-0.39, 0.29) is 22.6 Å². The van der Waals surface area contributed by atoms with Crippen LogP contribution >= 0.6 is 0 Å². The quantitative estimate of drug-likeness (QED) is 0.476. The van der Waals surface area contributed by atoms with Crippen molar-refractivity contribution in [1.29, 1.82) is 0 Å². The maximum absolute atomic E-state index is 11.8. The van der Waals surface area contributed by atoms with Gasteiger partial charge in [-0.2, -0.15) is 0 Å². The molecule has 0 radical (unpaired) electrons. The van der Waals surface area contributed by atoms with Crippen molar-refractivity contribution >= 4 is 34.8 Å². The number of nitrogens with zero attached hydrogens (tertiary/aromatic N) is 1. The fourth-order valence-corrected chi connectivity index (χ4v) is 1.77. The Morgan fingerprint density at radius 2 is 1.46 bits per heavy atom. The lowest BCUT2D eigenvalue weighted by molar-refractivity contribution is -0.384. The van der Waals surface area contributed by atoms with E-state index in [4.69, 9.17) is 0 Å². The number of carboxylic acids is 1. The lowest BCUT2D eigenvalue weighted by Gasteiger charge is -2.08. The third-order valence-electron chi connectivity index (χ3n) is 2.90. The van der Waals surface area contributed by atoms with Crippen molar-refractivity contribution in [3.63, 3.8) is 0 Å². The van der Waals surface area contributed by atoms with Gasteiger partial charge in [0, 0.05) is 23.5 Å². The molecule has 0 saturated carbocycles. The van der Waals surface area contributed by atoms with Crippen LogP contribution in [-0.4, -0.2) is 22.7 Å². The summed E-state index contributed by atoms with van der Waals surface area (Å²) in [4.78, 5) is 44.2. The first-order valence-corrected chi connectivity index (χ1v) is 6.55. The van der Waals surface area contributed by atoms with E-state index in [0.717, 1.165) is 6.07 Å². The number of aromatic carboxylic acids is 1. The Balaban J connectivity index is 2.02. The molecule has 0 heterocycles. The molecule has 0 aromatic heterocycles. The highest BCUT2D eigenvalue weighted by Gasteiger charge is 2.15. The van der Waals surface area contributed by atoms with Gasteiger partial charge in [0.2, 0.25) is 0 Å². The van der Waals surface area contributed by atoms with E-state index in [9.17, 15) is 29.6 Å². The summed E-state index contributed by atoms with van der Waals surface area (Å²) in [5.41, 5.74) is 0.00455. The maximum atomic E-state index is 11.8. The van der Waals surface area contributed by atoms with Crippen molar-refractivity contribution in [2.45, 2.75) is 0 Å². The van der Waals surface area contributed by atoms with Gasteiger partial charge in [-0.3, -0.25) is 19.7 Å². The maximum Gasteiger partial charge on any atom is 0.314 e. The minimum atomic E-state index is -1.42. The van der Waals surface area contributed by atoms with Gasteiger partial charge in [0.15, 0.2) is 0 Å². The van der Waals surface area contributed by atoms with Gasteiger partial charge in [0.1, 0.15) is 0 Å². The molecule has 9 nitrogen and oxygen atoms in total. The number of anilines is 2. The van der Waals surface area contributed by atoms with Crippen LogP contribution < -0.4 is 15.7 Å². The van der Waals surface area contributed by atoms with Crippen LogP contribution in [0.1, 0.15) is 10.4 Å². The van der Waals surface area contributed by atoms with Crippen LogP contribution in [0.5, 0.6) is 0 Å². The summed E-state index contributed by atoms with van der Waals surface area (Å²) in [5, 5.41) is 25.8. The van der Waals surface area contributed by atoms with Crippen molar-refractivity contribution in [2.75, 3.05) is 10.6 Å². The molecule has 2 rings (SSSR count). The fraction of sp³-hybridized carbons (Fsp3) is 0. The molecule has 0 aliphatic rings. The first-order valence-electron chi connectivity index (χ1n) is 6.55. The summed E-state index contributed by atoms with van der Waals surface area (Å²) in [6.45, 7) is 0. The average Bonchev–Trinajstić information content (AvgIpc) is 2.55. The predicted molar refractivity (Wildman–Crippen MR) is 81.1 cm³/mol. The summed E-state index contributed by atoms with van der Waals surface area (Å²) >= 11 is 0. The molecule has 0 aliphatic carbocycles. The van der Waals surface area contributed by atoms with Crippen LogP contribution in [0.15, 0.2) is 48.5 Å². The van der Waals surface area contributed by atoms with Gasteiger partial charge >= 0.3 is 11.8 Å². The molecule has 2 aromatic carbocycles. The van der Waals surface area contributed by atoms with Crippen molar-refractivity contribution in [3.05, 3.63) is 64.2 Å². The number of carbonyl (C=O) groups is 3. The van der Waals surface area contributed by atoms with E-state index in [2.05, 4.69) is 10.6 Å². The van der Waals surface area contributed by atoms with Crippen molar-refractivity contribution < 1.29 is 24.4 Å². The minimum Gasteiger partial charge on any atom is -0.545 e. The van der Waals surface area contributed by atoms with Crippen LogP contribution in [-0.2, 0) is 9.59 Å². The molecule has 2 amide bonds. The molecular weight excluding hydrogens is 318 g/mol. The Labute approximate surface area is 135 Å². The van der Waals surface area contributed by atoms with Gasteiger partial charge < -0.3 is 20.5 Å². The molecule has 0 bridgehead atoms. The number of hydrogen-bond acceptors (Lipinski definition) is 6. The monoisotopic (exact) mass is 328 g/mol. The number of nitrogens with one attached hydrogen (secondary N) is 2. The van der Waals surface area contributed by atoms with E-state index in [1.165, 1.54) is 42.5 Å². The number of carboxylic acid groups (broad SMARTS) is 1. The Morgan fingerprint density at radius 3 is 2.00 bits per heavy atom. The van der Waals surface area contributed by atoms with Crippen LogP contribution in [0.3, 0.4) is 0 Å². The third-order valence-corrected chi connectivity index (χ3v) is 2.90. The Hall–Kier alpha value is -3.75. The second-order valence-electron chi connectivity index (χ2n) is 4.58. The van der Waals surface area contributed by atoms with Gasteiger partial charge in [-0.25, -0.2) is 0 Å². The molecule has 0 aliphatic heterocycles. The van der Waals surface area contributed by atoms with Crippen molar-refractivity contribution in [1.82, 2.24) is 0 Å². The average molecular weight is 328 g/mol. The number of non-ortho nitro benzene ring substituents is 1. The molecule has 0 fully saturated rings. The number of hydrogen-bond donors (Lipinski definition) is 2. The van der Waals surface area contributed by atoms with Crippen LogP contribution in [0.4, 0.5) is 17.1 Å². The first kappa shape index (κ1) is 16.6. The van der Waals surface area contributed by atoms with Crippen molar-refractivity contribution in [2.24, 2.45) is 0 Å². The summed E-state index contributed by atoms with van der Waals surface area (Å²) in [6, 6.07) is 10.1. The van der Waals surface area contributed by atoms with E-state index in [1.807, 2.05) is 0 Å². The second kappa shape index (κ2) is 7.01. The SMILES string of the molecule is O=C(Nc1ccc([N+](=O)[O-])cc1)C(=O)Nc1cccc(C(=O)[O-])c1. The molecule has 2 aromatic rings. The minimum absolute atomic E-state index is 0.112. The normalized spacial score (nSPS) is 9.83. The molecule has 9 heteroatoms. The summed E-state index contributed by atoms with van der Waals surface area (Å²) in [5.74, 6) is -3.45. The van der Waals surface area contributed by atoms with Gasteiger partial charge in [-0.15, -0.1) is 0 Å². The number of benzene rings is 2. The lowest BCUT2D eigenvalue weighted by atomic mass is 10.2. The molecule has 2 N–H and O–H groups in total. The predicted octanol–water partition coefficient (Wildman–Crippen LogP) is 0.535. The highest BCUT2D eigenvalue weighted by Crippen LogP contribution is 2.15. The van der Waals surface area contributed by atoms with Gasteiger partial charge in [-0.05, 0) is 29.8 Å². The van der Waals surface area contributed by atoms with E-state index in [1.54, 1.807) is 0 Å². The molecule has 0 unspecified atom stereocenters. The largest absolute Gasteiger partial charge is 0.545 e. The Kier molecular flexibility index (Phi) is 4.85. The van der Waals surface area contributed by atoms with Gasteiger partial charge in [0.25, 0.3) is 5.69 Å². The molecule has 122 valence electrons. The highest BCUT2D eigenvalue weighted by atomic mass is 16.6. The summed E-state index contributed by atoms with van der Waals surface area (Å²) < 4.78 is 0. The second-order valence-corrected chi connectivity index (χ2v) is 4.58. The lowest BCUT2D eigenvalue weighted by Crippen LogP contribution is -2.29. The zero-order valence-corrected chi connectivity index (χ0v) is 12.0. The molecule has 0 saturated heterocycles. The summed E-state index contributed by atoms with van der Waals surface area (Å²) in [6.07, 6.45) is 0. The Bertz CT molecular complexity index is 816. The number of nitro groups is 1. The Morgan fingerprint density at radius 1 is 0.875 bits per heavy atom.